The van der Waals surface area contributed by atoms with E-state index in [1.807, 2.05) is 45.0 Å². The Hall–Kier alpha value is -1.70. The number of nitrogens with one attached hydrogen (secondary N) is 1. The molecule has 0 saturated carbocycles. The highest BCUT2D eigenvalue weighted by molar-refractivity contribution is 9.10. The van der Waals surface area contributed by atoms with Crippen LogP contribution >= 0.6 is 15.9 Å². The number of hydrogen-bond acceptors (Lipinski definition) is 3. The molecule has 0 fully saturated rings. The average molecular weight is 467 g/mol. The predicted molar refractivity (Wildman–Crippen MR) is 115 cm³/mol. The third kappa shape index (κ3) is 6.43. The molecule has 2 aromatic carbocycles. The Labute approximate surface area is 176 Å². The van der Waals surface area contributed by atoms with Gasteiger partial charge in [0.05, 0.1) is 11.4 Å². The molecule has 7 heteroatoms. The maximum absolute atomic E-state index is 13.2. The van der Waals surface area contributed by atoms with E-state index >= 15 is 0 Å². The van der Waals surface area contributed by atoms with E-state index in [2.05, 4.69) is 21.2 Å². The van der Waals surface area contributed by atoms with E-state index in [0.717, 1.165) is 28.4 Å². The van der Waals surface area contributed by atoms with E-state index < -0.39 is 10.0 Å². The highest BCUT2D eigenvalue weighted by Crippen LogP contribution is 2.20. The van der Waals surface area contributed by atoms with Crippen molar-refractivity contribution in [1.29, 1.82) is 0 Å². The Morgan fingerprint density at radius 1 is 1.11 bits per heavy atom. The molecular formula is C21H27BrN2O3S. The molecular weight excluding hydrogens is 440 g/mol. The summed E-state index contributed by atoms with van der Waals surface area (Å²) in [5.74, 6) is -0.297. The van der Waals surface area contributed by atoms with Gasteiger partial charge in [0.2, 0.25) is 15.9 Å². The molecule has 1 atom stereocenters. The molecule has 0 aliphatic heterocycles. The minimum atomic E-state index is -3.81. The van der Waals surface area contributed by atoms with Crippen LogP contribution in [0.15, 0.2) is 57.9 Å². The van der Waals surface area contributed by atoms with Gasteiger partial charge in [-0.05, 0) is 50.1 Å². The summed E-state index contributed by atoms with van der Waals surface area (Å²) in [6, 6.07) is 14.1. The summed E-state index contributed by atoms with van der Waals surface area (Å²) < 4.78 is 28.5. The van der Waals surface area contributed by atoms with Crippen LogP contribution in [0, 0.1) is 6.92 Å². The monoisotopic (exact) mass is 466 g/mol. The lowest BCUT2D eigenvalue weighted by Gasteiger charge is -2.23. The molecule has 152 valence electrons. The molecule has 1 amide bonds. The van der Waals surface area contributed by atoms with Gasteiger partial charge in [-0.25, -0.2) is 8.42 Å². The topological polar surface area (TPSA) is 66.5 Å². The molecule has 1 N–H and O–H groups in total. The van der Waals surface area contributed by atoms with Gasteiger partial charge >= 0.3 is 0 Å². The van der Waals surface area contributed by atoms with Crippen LogP contribution < -0.4 is 5.32 Å². The van der Waals surface area contributed by atoms with Crippen LogP contribution in [-0.4, -0.2) is 31.2 Å². The fraction of sp³-hybridized carbons (Fsp3) is 0.381. The molecule has 5 nitrogen and oxygen atoms in total. The van der Waals surface area contributed by atoms with E-state index in [9.17, 15) is 13.2 Å². The van der Waals surface area contributed by atoms with Crippen molar-refractivity contribution in [1.82, 2.24) is 9.62 Å². The predicted octanol–water partition coefficient (Wildman–Crippen LogP) is 4.25. The van der Waals surface area contributed by atoms with Gasteiger partial charge in [-0.15, -0.1) is 0 Å². The van der Waals surface area contributed by atoms with Gasteiger partial charge in [-0.3, -0.25) is 4.79 Å². The van der Waals surface area contributed by atoms with Crippen LogP contribution in [0.1, 0.15) is 37.8 Å². The maximum Gasteiger partial charge on any atom is 0.243 e. The van der Waals surface area contributed by atoms with Crippen LogP contribution in [0.25, 0.3) is 0 Å². The highest BCUT2D eigenvalue weighted by Gasteiger charge is 2.27. The van der Waals surface area contributed by atoms with E-state index in [-0.39, 0.29) is 29.9 Å². The molecule has 0 heterocycles. The first-order valence-corrected chi connectivity index (χ1v) is 11.6. The summed E-state index contributed by atoms with van der Waals surface area (Å²) >= 11 is 3.38. The van der Waals surface area contributed by atoms with E-state index in [1.54, 1.807) is 24.3 Å². The smallest absolute Gasteiger partial charge is 0.243 e. The Balaban J connectivity index is 2.27. The van der Waals surface area contributed by atoms with Crippen molar-refractivity contribution in [3.8, 4) is 0 Å². The van der Waals surface area contributed by atoms with Crippen molar-refractivity contribution >= 4 is 31.9 Å². The summed E-state index contributed by atoms with van der Waals surface area (Å²) in [5, 5.41) is 2.89. The van der Waals surface area contributed by atoms with Crippen LogP contribution in [0.5, 0.6) is 0 Å². The maximum atomic E-state index is 13.2. The number of nitrogens with zero attached hydrogens (tertiary/aromatic N) is 1. The van der Waals surface area contributed by atoms with E-state index in [4.69, 9.17) is 0 Å². The van der Waals surface area contributed by atoms with Crippen molar-refractivity contribution in [2.75, 3.05) is 6.54 Å². The standard InChI is InChI=1S/C21H27BrN2O3S/c1-4-5-17(3)23-21(25)15-24(14-18-8-10-19(22)11-9-18)28(26,27)20-12-6-16(2)7-13-20/h6-13,17H,4-5,14-15H2,1-3H3,(H,23,25)/t17-/m1/s1. The number of benzene rings is 2. The number of amides is 1. The van der Waals surface area contributed by atoms with Gasteiger partial charge in [0.25, 0.3) is 0 Å². The van der Waals surface area contributed by atoms with Gasteiger partial charge in [0.15, 0.2) is 0 Å². The van der Waals surface area contributed by atoms with Gasteiger partial charge in [0.1, 0.15) is 0 Å². The Bertz CT molecular complexity index is 881. The second-order valence-corrected chi connectivity index (χ2v) is 9.82. The molecule has 0 radical (unpaired) electrons. The fourth-order valence-electron chi connectivity index (χ4n) is 2.86. The first-order valence-electron chi connectivity index (χ1n) is 9.33. The van der Waals surface area contributed by atoms with Crippen LogP contribution in [0.4, 0.5) is 0 Å². The van der Waals surface area contributed by atoms with E-state index in [1.165, 1.54) is 4.31 Å². The molecule has 2 rings (SSSR count). The van der Waals surface area contributed by atoms with Crippen LogP contribution in [0.2, 0.25) is 0 Å². The zero-order valence-corrected chi connectivity index (χ0v) is 18.9. The Morgan fingerprint density at radius 3 is 2.29 bits per heavy atom. The van der Waals surface area contributed by atoms with Crippen molar-refractivity contribution < 1.29 is 13.2 Å². The fourth-order valence-corrected chi connectivity index (χ4v) is 4.51. The lowest BCUT2D eigenvalue weighted by Crippen LogP contribution is -2.43. The SMILES string of the molecule is CCC[C@@H](C)NC(=O)CN(Cc1ccc(Br)cc1)S(=O)(=O)c1ccc(C)cc1. The molecule has 2 aromatic rings. The minimum absolute atomic E-state index is 0.00843. The number of hydrogen-bond donors (Lipinski definition) is 1. The quantitative estimate of drug-likeness (QED) is 0.600. The van der Waals surface area contributed by atoms with Gasteiger partial charge in [-0.2, -0.15) is 4.31 Å². The lowest BCUT2D eigenvalue weighted by atomic mass is 10.2. The lowest BCUT2D eigenvalue weighted by molar-refractivity contribution is -0.122. The van der Waals surface area contributed by atoms with Crippen molar-refractivity contribution in [2.45, 2.75) is 51.1 Å². The molecule has 0 aliphatic carbocycles. The summed E-state index contributed by atoms with van der Waals surface area (Å²) in [7, 11) is -3.81. The Morgan fingerprint density at radius 2 is 1.71 bits per heavy atom. The molecule has 0 unspecified atom stereocenters. The highest BCUT2D eigenvalue weighted by atomic mass is 79.9. The zero-order chi connectivity index (χ0) is 20.7. The first kappa shape index (κ1) is 22.6. The van der Waals surface area contributed by atoms with Crippen LogP contribution in [-0.2, 0) is 21.4 Å². The summed E-state index contributed by atoms with van der Waals surface area (Å²) in [4.78, 5) is 12.7. The van der Waals surface area contributed by atoms with Crippen molar-refractivity contribution in [3.05, 3.63) is 64.1 Å². The second kappa shape index (κ2) is 10.2. The number of halogens is 1. The van der Waals surface area contributed by atoms with Gasteiger partial charge in [-0.1, -0.05) is 59.1 Å². The third-order valence-electron chi connectivity index (χ3n) is 4.38. The first-order chi connectivity index (χ1) is 13.2. The zero-order valence-electron chi connectivity index (χ0n) is 16.5. The largest absolute Gasteiger partial charge is 0.353 e. The number of sulfonamides is 1. The summed E-state index contributed by atoms with van der Waals surface area (Å²) in [6.07, 6.45) is 1.80. The Kier molecular flexibility index (Phi) is 8.22. The molecule has 28 heavy (non-hydrogen) atoms. The molecule has 0 spiro atoms. The second-order valence-electron chi connectivity index (χ2n) is 6.97. The van der Waals surface area contributed by atoms with Crippen molar-refractivity contribution in [2.24, 2.45) is 0 Å². The molecule has 0 aromatic heterocycles. The number of carbonyl (C=O) groups excluding carboxylic acids is 1. The molecule has 0 saturated heterocycles. The number of carbonyl (C=O) groups is 1. The molecule has 0 bridgehead atoms. The summed E-state index contributed by atoms with van der Waals surface area (Å²) in [5.41, 5.74) is 1.79. The van der Waals surface area contributed by atoms with Gasteiger partial charge < -0.3 is 5.32 Å². The number of aryl methyl sites for hydroxylation is 1. The minimum Gasteiger partial charge on any atom is -0.353 e. The normalized spacial score (nSPS) is 12.8. The average Bonchev–Trinajstić information content (AvgIpc) is 2.63. The van der Waals surface area contributed by atoms with E-state index in [0.29, 0.717) is 0 Å². The third-order valence-corrected chi connectivity index (χ3v) is 6.71. The van der Waals surface area contributed by atoms with Crippen LogP contribution in [0.3, 0.4) is 0 Å². The van der Waals surface area contributed by atoms with Gasteiger partial charge in [0, 0.05) is 17.1 Å². The van der Waals surface area contributed by atoms with Crippen molar-refractivity contribution in [3.63, 3.8) is 0 Å². The number of rotatable bonds is 9. The summed E-state index contributed by atoms with van der Waals surface area (Å²) in [6.45, 7) is 5.78. The molecule has 0 aliphatic rings.